The minimum absolute atomic E-state index is 0.0741. The van der Waals surface area contributed by atoms with Gasteiger partial charge in [0.1, 0.15) is 0 Å². The van der Waals surface area contributed by atoms with Crippen molar-refractivity contribution in [2.45, 2.75) is 46.5 Å². The molecule has 0 saturated heterocycles. The summed E-state index contributed by atoms with van der Waals surface area (Å²) < 4.78 is 4.99. The third kappa shape index (κ3) is 7.01. The monoisotopic (exact) mass is 373 g/mol. The van der Waals surface area contributed by atoms with Gasteiger partial charge in [0.15, 0.2) is 0 Å². The molecule has 26 heavy (non-hydrogen) atoms. The zero-order chi connectivity index (χ0) is 19.5. The lowest BCUT2D eigenvalue weighted by Crippen LogP contribution is -2.08. The molecule has 0 N–H and O–H groups in total. The molecular formula is C22H28ClNO2. The normalized spacial score (nSPS) is 13.7. The molecular weight excluding hydrogens is 346 g/mol. The zero-order valence-corrected chi connectivity index (χ0v) is 16.8. The standard InChI is InChI=1S/C22H28ClNO2/c1-6-13-24-21(7-2)17(5)20-11-10-19(23)15-18(20)14-16(4)9-12-22(25)26-8-3/h6-7,10-11,13-15,17H,2,8-9,12H2,1,3-5H3/b13-6-,16-14+,24-21?. The van der Waals surface area contributed by atoms with E-state index in [1.165, 1.54) is 0 Å². The highest BCUT2D eigenvalue weighted by atomic mass is 35.5. The molecule has 1 unspecified atom stereocenters. The average molecular weight is 374 g/mol. The molecule has 0 radical (unpaired) electrons. The van der Waals surface area contributed by atoms with Crippen LogP contribution in [0.1, 0.15) is 57.6 Å². The van der Waals surface area contributed by atoms with Gasteiger partial charge >= 0.3 is 5.97 Å². The van der Waals surface area contributed by atoms with Crippen LogP contribution >= 0.6 is 11.6 Å². The smallest absolute Gasteiger partial charge is 0.306 e. The molecule has 0 aromatic heterocycles. The van der Waals surface area contributed by atoms with Gasteiger partial charge in [0.25, 0.3) is 0 Å². The Kier molecular flexibility index (Phi) is 9.67. The fourth-order valence-electron chi connectivity index (χ4n) is 2.60. The van der Waals surface area contributed by atoms with Crippen LogP contribution < -0.4 is 0 Å². The van der Waals surface area contributed by atoms with Crippen LogP contribution in [-0.2, 0) is 9.53 Å². The number of nitrogens with zero attached hydrogens (tertiary/aromatic N) is 1. The van der Waals surface area contributed by atoms with Gasteiger partial charge < -0.3 is 4.74 Å². The minimum Gasteiger partial charge on any atom is -0.466 e. The number of aliphatic imine (C=N–C) groups is 1. The fourth-order valence-corrected chi connectivity index (χ4v) is 2.78. The highest BCUT2D eigenvalue weighted by Crippen LogP contribution is 2.27. The molecule has 0 aliphatic carbocycles. The number of carbonyl (C=O) groups excluding carboxylic acids is 1. The maximum absolute atomic E-state index is 11.6. The SMILES string of the molecule is C=CC(=N/C=C\C)C(C)c1ccc(Cl)cc1/C=C(\C)CCC(=O)OCC. The van der Waals surface area contributed by atoms with Gasteiger partial charge in [0, 0.05) is 29.3 Å². The minimum atomic E-state index is -0.174. The molecule has 3 nitrogen and oxygen atoms in total. The first-order valence-electron chi connectivity index (χ1n) is 8.86. The molecule has 1 rings (SSSR count). The summed E-state index contributed by atoms with van der Waals surface area (Å²) in [5, 5.41) is 0.677. The zero-order valence-electron chi connectivity index (χ0n) is 16.1. The summed E-state index contributed by atoms with van der Waals surface area (Å²) in [6.07, 6.45) is 8.54. The third-order valence-corrected chi connectivity index (χ3v) is 4.21. The van der Waals surface area contributed by atoms with E-state index in [4.69, 9.17) is 16.3 Å². The molecule has 1 atom stereocenters. The maximum atomic E-state index is 11.6. The Morgan fingerprint density at radius 3 is 2.73 bits per heavy atom. The molecule has 1 aromatic rings. The summed E-state index contributed by atoms with van der Waals surface area (Å²) in [6.45, 7) is 12.1. The van der Waals surface area contributed by atoms with Gasteiger partial charge in [-0.25, -0.2) is 0 Å². The summed E-state index contributed by atoms with van der Waals surface area (Å²) in [6, 6.07) is 5.85. The molecule has 0 bridgehead atoms. The molecule has 0 aliphatic heterocycles. The number of rotatable bonds is 9. The molecule has 0 saturated carbocycles. The van der Waals surface area contributed by atoms with Crippen molar-refractivity contribution in [1.82, 2.24) is 0 Å². The van der Waals surface area contributed by atoms with E-state index in [9.17, 15) is 4.79 Å². The molecule has 1 aromatic carbocycles. The van der Waals surface area contributed by atoms with Crippen LogP contribution in [0.5, 0.6) is 0 Å². The number of ether oxygens (including phenoxy) is 1. The van der Waals surface area contributed by atoms with Gasteiger partial charge in [0.05, 0.1) is 6.61 Å². The highest BCUT2D eigenvalue weighted by molar-refractivity contribution is 6.30. The molecule has 0 heterocycles. The maximum Gasteiger partial charge on any atom is 0.306 e. The Balaban J connectivity index is 3.11. The Hall–Kier alpha value is -2.13. The lowest BCUT2D eigenvalue weighted by atomic mass is 9.90. The molecule has 0 spiro atoms. The van der Waals surface area contributed by atoms with E-state index in [-0.39, 0.29) is 11.9 Å². The third-order valence-electron chi connectivity index (χ3n) is 3.97. The first-order chi connectivity index (χ1) is 12.4. The second kappa shape index (κ2) is 11.5. The second-order valence-corrected chi connectivity index (χ2v) is 6.47. The number of benzene rings is 1. The van der Waals surface area contributed by atoms with Crippen molar-refractivity contribution in [3.05, 3.63) is 64.9 Å². The summed E-state index contributed by atoms with van der Waals surface area (Å²) in [5.41, 5.74) is 4.14. The largest absolute Gasteiger partial charge is 0.466 e. The van der Waals surface area contributed by atoms with Crippen LogP contribution in [-0.4, -0.2) is 18.3 Å². The van der Waals surface area contributed by atoms with Crippen molar-refractivity contribution in [3.8, 4) is 0 Å². The lowest BCUT2D eigenvalue weighted by molar-refractivity contribution is -0.143. The number of hydrogen-bond donors (Lipinski definition) is 0. The van der Waals surface area contributed by atoms with E-state index >= 15 is 0 Å². The van der Waals surface area contributed by atoms with E-state index < -0.39 is 0 Å². The van der Waals surface area contributed by atoms with Gasteiger partial charge in [-0.2, -0.15) is 0 Å². The number of carbonyl (C=O) groups is 1. The molecule has 140 valence electrons. The average Bonchev–Trinajstić information content (AvgIpc) is 2.61. The van der Waals surface area contributed by atoms with Crippen molar-refractivity contribution in [3.63, 3.8) is 0 Å². The molecule has 0 amide bonds. The molecule has 0 aliphatic rings. The van der Waals surface area contributed by atoms with Crippen LogP contribution in [0.25, 0.3) is 6.08 Å². The van der Waals surface area contributed by atoms with Crippen LogP contribution in [0.3, 0.4) is 0 Å². The van der Waals surface area contributed by atoms with Gasteiger partial charge in [-0.1, -0.05) is 48.9 Å². The van der Waals surface area contributed by atoms with Crippen LogP contribution in [0.2, 0.25) is 5.02 Å². The van der Waals surface area contributed by atoms with E-state index in [2.05, 4.69) is 24.6 Å². The second-order valence-electron chi connectivity index (χ2n) is 6.03. The summed E-state index contributed by atoms with van der Waals surface area (Å²) in [5.74, 6) is -0.0996. The topological polar surface area (TPSA) is 38.7 Å². The van der Waals surface area contributed by atoms with Crippen molar-refractivity contribution in [1.29, 1.82) is 0 Å². The summed E-state index contributed by atoms with van der Waals surface area (Å²) in [4.78, 5) is 16.0. The van der Waals surface area contributed by atoms with E-state index in [1.807, 2.05) is 45.0 Å². The Labute approximate surface area is 162 Å². The Morgan fingerprint density at radius 1 is 1.38 bits per heavy atom. The van der Waals surface area contributed by atoms with E-state index in [0.29, 0.717) is 24.5 Å². The predicted molar refractivity (Wildman–Crippen MR) is 112 cm³/mol. The first-order valence-corrected chi connectivity index (χ1v) is 9.24. The summed E-state index contributed by atoms with van der Waals surface area (Å²) in [7, 11) is 0. The van der Waals surface area contributed by atoms with Gasteiger partial charge in [-0.15, -0.1) is 0 Å². The van der Waals surface area contributed by atoms with Crippen molar-refractivity contribution in [2.75, 3.05) is 6.61 Å². The van der Waals surface area contributed by atoms with Crippen molar-refractivity contribution in [2.24, 2.45) is 4.99 Å². The summed E-state index contributed by atoms with van der Waals surface area (Å²) >= 11 is 6.21. The lowest BCUT2D eigenvalue weighted by Gasteiger charge is -2.16. The number of allylic oxidation sites excluding steroid dienone is 3. The van der Waals surface area contributed by atoms with Crippen molar-refractivity contribution < 1.29 is 9.53 Å². The number of halogens is 1. The highest BCUT2D eigenvalue weighted by Gasteiger charge is 2.14. The predicted octanol–water partition coefficient (Wildman–Crippen LogP) is 6.35. The van der Waals surface area contributed by atoms with E-state index in [0.717, 1.165) is 22.4 Å². The van der Waals surface area contributed by atoms with Crippen LogP contribution in [0, 0.1) is 0 Å². The number of esters is 1. The van der Waals surface area contributed by atoms with Gasteiger partial charge in [-0.05, 0) is 56.5 Å². The van der Waals surface area contributed by atoms with E-state index in [1.54, 1.807) is 12.3 Å². The van der Waals surface area contributed by atoms with Crippen molar-refractivity contribution >= 4 is 29.4 Å². The molecule has 0 fully saturated rings. The fraction of sp³-hybridized carbons (Fsp3) is 0.364. The quantitative estimate of drug-likeness (QED) is 0.373. The van der Waals surface area contributed by atoms with Crippen LogP contribution in [0.15, 0.2) is 53.7 Å². The molecule has 4 heteroatoms. The van der Waals surface area contributed by atoms with Gasteiger partial charge in [-0.3, -0.25) is 9.79 Å². The van der Waals surface area contributed by atoms with Gasteiger partial charge in [0.2, 0.25) is 0 Å². The Morgan fingerprint density at radius 2 is 2.12 bits per heavy atom. The Bertz CT molecular complexity index is 717. The first kappa shape index (κ1) is 21.9. The number of hydrogen-bond acceptors (Lipinski definition) is 3. The van der Waals surface area contributed by atoms with Crippen LogP contribution in [0.4, 0.5) is 0 Å².